The lowest BCUT2D eigenvalue weighted by Gasteiger charge is -2.29. The first-order valence-electron chi connectivity index (χ1n) is 20.8. The Morgan fingerprint density at radius 2 is 1.18 bits per heavy atom. The van der Waals surface area contributed by atoms with Crippen LogP contribution in [-0.4, -0.2) is 55.2 Å². The Labute approximate surface area is 336 Å². The SMILES string of the molecule is C=C(C)C(=O)OCCCc1cc(-c2ccc(-c3ccc(C4CCC(CCCCC)CC4)cc3)cc2)cc(CCCOC(=O)C(=C)C)c1OCCC(C)(CO)CO. The third-order valence-corrected chi connectivity index (χ3v) is 11.3. The van der Waals surface area contributed by atoms with E-state index in [1.165, 1.54) is 62.5 Å². The number of aryl methyl sites for hydroxylation is 2. The molecule has 0 radical (unpaired) electrons. The van der Waals surface area contributed by atoms with Gasteiger partial charge in [0.1, 0.15) is 5.75 Å². The zero-order valence-corrected chi connectivity index (χ0v) is 34.5. The molecule has 2 N–H and O–H groups in total. The third-order valence-electron chi connectivity index (χ3n) is 11.3. The number of carbonyl (C=O) groups is 2. The van der Waals surface area contributed by atoms with Gasteiger partial charge in [0.05, 0.1) is 33.0 Å². The number of carbonyl (C=O) groups excluding carboxylic acids is 2. The van der Waals surface area contributed by atoms with E-state index in [0.29, 0.717) is 55.8 Å². The second-order valence-electron chi connectivity index (χ2n) is 16.3. The van der Waals surface area contributed by atoms with Crippen molar-refractivity contribution in [3.8, 4) is 28.0 Å². The van der Waals surface area contributed by atoms with Gasteiger partial charge in [0.2, 0.25) is 0 Å². The second-order valence-corrected chi connectivity index (χ2v) is 16.3. The normalized spacial score (nSPS) is 15.6. The van der Waals surface area contributed by atoms with E-state index in [1.54, 1.807) is 13.8 Å². The van der Waals surface area contributed by atoms with Gasteiger partial charge in [-0.05, 0) is 135 Å². The number of ether oxygens (including phenoxy) is 3. The highest BCUT2D eigenvalue weighted by Gasteiger charge is 2.24. The molecule has 1 fully saturated rings. The van der Waals surface area contributed by atoms with E-state index in [1.807, 2.05) is 6.92 Å². The van der Waals surface area contributed by atoms with Crippen molar-refractivity contribution in [2.75, 3.05) is 33.0 Å². The summed E-state index contributed by atoms with van der Waals surface area (Å²) in [5, 5.41) is 19.8. The first kappa shape index (κ1) is 44.5. The standard InChI is InChI=1S/C49H66O7/c1-7-8-9-12-37-15-17-38(18-16-37)39-19-21-40(22-20-39)41-23-25-42(26-24-41)45-31-43(13-10-28-55-47(52)35(2)3)46(54-30-27-49(6,33-50)34-51)44(32-45)14-11-29-56-48(53)36(4)5/h19-26,31-32,37-38,50-51H,2,4,7-18,27-30,33-34H2,1,3,5-6H3. The summed E-state index contributed by atoms with van der Waals surface area (Å²) in [7, 11) is 0. The Balaban J connectivity index is 1.56. The lowest BCUT2D eigenvalue weighted by molar-refractivity contribution is -0.139. The molecular weight excluding hydrogens is 701 g/mol. The number of esters is 2. The first-order chi connectivity index (χ1) is 27.0. The fourth-order valence-electron chi connectivity index (χ4n) is 7.46. The van der Waals surface area contributed by atoms with E-state index >= 15 is 0 Å². The summed E-state index contributed by atoms with van der Waals surface area (Å²) in [6.45, 7) is 15.2. The van der Waals surface area contributed by atoms with Gasteiger partial charge in [0.25, 0.3) is 0 Å². The molecule has 7 heteroatoms. The van der Waals surface area contributed by atoms with Crippen molar-refractivity contribution in [2.24, 2.45) is 11.3 Å². The summed E-state index contributed by atoms with van der Waals surface area (Å²) in [5.74, 6) is 1.47. The maximum absolute atomic E-state index is 12.1. The monoisotopic (exact) mass is 766 g/mol. The predicted molar refractivity (Wildman–Crippen MR) is 227 cm³/mol. The van der Waals surface area contributed by atoms with Crippen molar-refractivity contribution < 1.29 is 34.0 Å². The molecule has 0 spiro atoms. The highest BCUT2D eigenvalue weighted by Crippen LogP contribution is 2.39. The van der Waals surface area contributed by atoms with Crippen molar-refractivity contribution in [3.63, 3.8) is 0 Å². The minimum atomic E-state index is -0.678. The van der Waals surface area contributed by atoms with Crippen molar-refractivity contribution in [2.45, 2.75) is 117 Å². The van der Waals surface area contributed by atoms with Gasteiger partial charge in [-0.2, -0.15) is 0 Å². The molecule has 304 valence electrons. The average Bonchev–Trinajstić information content (AvgIpc) is 3.21. The fraction of sp³-hybridized carbons (Fsp3) is 0.510. The van der Waals surface area contributed by atoms with Crippen LogP contribution in [-0.2, 0) is 31.9 Å². The Kier molecular flexibility index (Phi) is 17.9. The zero-order chi connectivity index (χ0) is 40.5. The van der Waals surface area contributed by atoms with Crippen LogP contribution in [0.5, 0.6) is 5.75 Å². The second kappa shape index (κ2) is 22.5. The van der Waals surface area contributed by atoms with Crippen molar-refractivity contribution >= 4 is 11.9 Å². The van der Waals surface area contributed by atoms with Crippen LogP contribution in [0.3, 0.4) is 0 Å². The molecule has 1 saturated carbocycles. The predicted octanol–water partition coefficient (Wildman–Crippen LogP) is 10.7. The van der Waals surface area contributed by atoms with Crippen LogP contribution in [0.2, 0.25) is 0 Å². The highest BCUT2D eigenvalue weighted by atomic mass is 16.5. The number of hydrogen-bond acceptors (Lipinski definition) is 7. The summed E-state index contributed by atoms with van der Waals surface area (Å²) in [6.07, 6.45) is 13.5. The zero-order valence-electron chi connectivity index (χ0n) is 34.5. The molecule has 3 aromatic rings. The Bertz CT molecular complexity index is 1660. The van der Waals surface area contributed by atoms with Crippen LogP contribution in [0.4, 0.5) is 0 Å². The van der Waals surface area contributed by atoms with Gasteiger partial charge in [0.15, 0.2) is 0 Å². The molecule has 1 aliphatic carbocycles. The van der Waals surface area contributed by atoms with Gasteiger partial charge >= 0.3 is 11.9 Å². The van der Waals surface area contributed by atoms with Crippen molar-refractivity contribution in [1.82, 2.24) is 0 Å². The van der Waals surface area contributed by atoms with Crippen molar-refractivity contribution in [3.05, 3.63) is 102 Å². The highest BCUT2D eigenvalue weighted by molar-refractivity contribution is 5.87. The molecule has 0 atom stereocenters. The van der Waals surface area contributed by atoms with E-state index in [0.717, 1.165) is 39.5 Å². The number of aliphatic hydroxyl groups is 2. The third kappa shape index (κ3) is 13.5. The molecule has 0 unspecified atom stereocenters. The van der Waals surface area contributed by atoms with E-state index in [9.17, 15) is 19.8 Å². The van der Waals surface area contributed by atoms with Gasteiger partial charge in [-0.3, -0.25) is 0 Å². The largest absolute Gasteiger partial charge is 0.493 e. The molecule has 0 heterocycles. The van der Waals surface area contributed by atoms with E-state index in [-0.39, 0.29) is 26.4 Å². The molecule has 56 heavy (non-hydrogen) atoms. The minimum Gasteiger partial charge on any atom is -0.493 e. The minimum absolute atomic E-state index is 0.159. The molecule has 4 rings (SSSR count). The summed E-state index contributed by atoms with van der Waals surface area (Å²) < 4.78 is 17.3. The average molecular weight is 767 g/mol. The molecule has 0 bridgehead atoms. The molecule has 0 amide bonds. The molecule has 0 saturated heterocycles. The topological polar surface area (TPSA) is 102 Å². The number of unbranched alkanes of at least 4 members (excludes halogenated alkanes) is 2. The first-order valence-corrected chi connectivity index (χ1v) is 20.8. The summed E-state index contributed by atoms with van der Waals surface area (Å²) >= 11 is 0. The van der Waals surface area contributed by atoms with Crippen LogP contribution in [0.1, 0.15) is 121 Å². The van der Waals surface area contributed by atoms with Gasteiger partial charge in [-0.15, -0.1) is 0 Å². The quantitative estimate of drug-likeness (QED) is 0.0563. The molecule has 0 aromatic heterocycles. The van der Waals surface area contributed by atoms with Crippen LogP contribution < -0.4 is 4.74 Å². The number of aliphatic hydroxyl groups excluding tert-OH is 2. The van der Waals surface area contributed by atoms with Gasteiger partial charge < -0.3 is 24.4 Å². The van der Waals surface area contributed by atoms with Gasteiger partial charge in [0, 0.05) is 16.6 Å². The molecule has 1 aliphatic rings. The van der Waals surface area contributed by atoms with Crippen LogP contribution >= 0.6 is 0 Å². The molecule has 7 nitrogen and oxygen atoms in total. The number of benzene rings is 3. The molecular formula is C49H66O7. The summed E-state index contributed by atoms with van der Waals surface area (Å²) in [4.78, 5) is 24.2. The van der Waals surface area contributed by atoms with Crippen LogP contribution in [0.15, 0.2) is 85.0 Å². The van der Waals surface area contributed by atoms with E-state index < -0.39 is 17.4 Å². The number of rotatable bonds is 23. The van der Waals surface area contributed by atoms with E-state index in [4.69, 9.17) is 14.2 Å². The van der Waals surface area contributed by atoms with Crippen molar-refractivity contribution in [1.29, 1.82) is 0 Å². The Morgan fingerprint density at radius 3 is 1.64 bits per heavy atom. The summed E-state index contributed by atoms with van der Waals surface area (Å²) in [6, 6.07) is 22.1. The smallest absolute Gasteiger partial charge is 0.333 e. The fourth-order valence-corrected chi connectivity index (χ4v) is 7.46. The number of hydrogen-bond donors (Lipinski definition) is 2. The summed E-state index contributed by atoms with van der Waals surface area (Å²) in [5.41, 5.74) is 7.88. The van der Waals surface area contributed by atoms with Crippen LogP contribution in [0, 0.1) is 11.3 Å². The Morgan fingerprint density at radius 1 is 0.696 bits per heavy atom. The lowest BCUT2D eigenvalue weighted by atomic mass is 9.77. The lowest BCUT2D eigenvalue weighted by Crippen LogP contribution is -2.28. The van der Waals surface area contributed by atoms with Crippen LogP contribution in [0.25, 0.3) is 22.3 Å². The van der Waals surface area contributed by atoms with Gasteiger partial charge in [-0.1, -0.05) is 101 Å². The van der Waals surface area contributed by atoms with Gasteiger partial charge in [-0.25, -0.2) is 9.59 Å². The molecule has 0 aliphatic heterocycles. The van der Waals surface area contributed by atoms with E-state index in [2.05, 4.69) is 80.7 Å². The molecule has 3 aromatic carbocycles. The Hall–Kier alpha value is -4.20. The maximum atomic E-state index is 12.1. The maximum Gasteiger partial charge on any atom is 0.333 e.